The van der Waals surface area contributed by atoms with Gasteiger partial charge in [0.2, 0.25) is 0 Å². The Labute approximate surface area is 130 Å². The first-order chi connectivity index (χ1) is 10.8. The number of pyridine rings is 1. The number of amides is 2. The minimum atomic E-state index is -0.599. The van der Waals surface area contributed by atoms with Gasteiger partial charge >= 0.3 is 11.8 Å². The summed E-state index contributed by atoms with van der Waals surface area (Å²) in [4.78, 5) is 29.6. The normalized spacial score (nSPS) is 15.3. The molecule has 0 saturated carbocycles. The molecule has 0 bridgehead atoms. The highest BCUT2D eigenvalue weighted by molar-refractivity contribution is 6.35. The Kier molecular flexibility index (Phi) is 6.79. The Hall–Kier alpha value is -1.99. The van der Waals surface area contributed by atoms with Crippen LogP contribution in [-0.2, 0) is 20.7 Å². The van der Waals surface area contributed by atoms with Crippen molar-refractivity contribution in [2.24, 2.45) is 0 Å². The molecule has 1 fully saturated rings. The SMILES string of the molecule is O=C(NCCc1ccccn1)C(=O)NCCN1CCOCC1. The van der Waals surface area contributed by atoms with Gasteiger partial charge in [-0.05, 0) is 12.1 Å². The Morgan fingerprint density at radius 2 is 1.86 bits per heavy atom. The third-order valence-corrected chi connectivity index (χ3v) is 3.42. The van der Waals surface area contributed by atoms with Crippen molar-refractivity contribution >= 4 is 11.8 Å². The molecule has 0 aromatic carbocycles. The van der Waals surface area contributed by atoms with Crippen molar-refractivity contribution in [3.05, 3.63) is 30.1 Å². The molecule has 2 amide bonds. The Morgan fingerprint density at radius 1 is 1.14 bits per heavy atom. The molecule has 0 spiro atoms. The van der Waals surface area contributed by atoms with Crippen LogP contribution in [0.15, 0.2) is 24.4 Å². The largest absolute Gasteiger partial charge is 0.379 e. The number of ether oxygens (including phenoxy) is 1. The van der Waals surface area contributed by atoms with E-state index in [-0.39, 0.29) is 0 Å². The van der Waals surface area contributed by atoms with Crippen LogP contribution in [0.5, 0.6) is 0 Å². The highest BCUT2D eigenvalue weighted by atomic mass is 16.5. The summed E-state index contributed by atoms with van der Waals surface area (Å²) in [6.07, 6.45) is 2.31. The van der Waals surface area contributed by atoms with Crippen molar-refractivity contribution < 1.29 is 14.3 Å². The van der Waals surface area contributed by atoms with E-state index in [1.54, 1.807) is 6.20 Å². The molecule has 1 aliphatic rings. The molecule has 120 valence electrons. The average molecular weight is 306 g/mol. The molecule has 22 heavy (non-hydrogen) atoms. The number of hydrogen-bond acceptors (Lipinski definition) is 5. The van der Waals surface area contributed by atoms with Gasteiger partial charge in [0.05, 0.1) is 13.2 Å². The van der Waals surface area contributed by atoms with Gasteiger partial charge in [-0.2, -0.15) is 0 Å². The molecule has 0 aliphatic carbocycles. The lowest BCUT2D eigenvalue weighted by molar-refractivity contribution is -0.139. The molecular formula is C15H22N4O3. The van der Waals surface area contributed by atoms with Crippen LogP contribution in [-0.4, -0.2) is 67.6 Å². The van der Waals surface area contributed by atoms with Gasteiger partial charge in [0.15, 0.2) is 0 Å². The predicted octanol–water partition coefficient (Wildman–Crippen LogP) is -0.811. The van der Waals surface area contributed by atoms with Crippen molar-refractivity contribution in [3.63, 3.8) is 0 Å². The number of carbonyl (C=O) groups is 2. The monoisotopic (exact) mass is 306 g/mol. The van der Waals surface area contributed by atoms with E-state index in [0.717, 1.165) is 38.5 Å². The molecule has 0 atom stereocenters. The third-order valence-electron chi connectivity index (χ3n) is 3.42. The molecule has 2 rings (SSSR count). The van der Waals surface area contributed by atoms with Crippen LogP contribution in [0.2, 0.25) is 0 Å². The number of nitrogens with zero attached hydrogens (tertiary/aromatic N) is 2. The molecule has 0 radical (unpaired) electrons. The van der Waals surface area contributed by atoms with E-state index in [1.165, 1.54) is 0 Å². The average Bonchev–Trinajstić information content (AvgIpc) is 2.56. The van der Waals surface area contributed by atoms with Gasteiger partial charge in [-0.25, -0.2) is 0 Å². The molecule has 2 heterocycles. The second-order valence-corrected chi connectivity index (χ2v) is 5.04. The Balaban J connectivity index is 1.57. The van der Waals surface area contributed by atoms with Crippen molar-refractivity contribution in [2.75, 3.05) is 45.9 Å². The fourth-order valence-corrected chi connectivity index (χ4v) is 2.16. The van der Waals surface area contributed by atoms with Gasteiger partial charge in [-0.1, -0.05) is 6.07 Å². The van der Waals surface area contributed by atoms with E-state index in [9.17, 15) is 9.59 Å². The van der Waals surface area contributed by atoms with Gasteiger partial charge in [-0.3, -0.25) is 19.5 Å². The fraction of sp³-hybridized carbons (Fsp3) is 0.533. The lowest BCUT2D eigenvalue weighted by Gasteiger charge is -2.26. The van der Waals surface area contributed by atoms with Crippen LogP contribution >= 0.6 is 0 Å². The topological polar surface area (TPSA) is 83.6 Å². The predicted molar refractivity (Wildman–Crippen MR) is 81.2 cm³/mol. The number of carbonyl (C=O) groups excluding carboxylic acids is 2. The second kappa shape index (κ2) is 9.11. The summed E-state index contributed by atoms with van der Waals surface area (Å²) in [7, 11) is 0. The van der Waals surface area contributed by atoms with E-state index in [4.69, 9.17) is 4.74 Å². The van der Waals surface area contributed by atoms with Crippen LogP contribution < -0.4 is 10.6 Å². The Morgan fingerprint density at radius 3 is 2.55 bits per heavy atom. The quantitative estimate of drug-likeness (QED) is 0.672. The van der Waals surface area contributed by atoms with Gasteiger partial charge in [0.1, 0.15) is 0 Å². The third kappa shape index (κ3) is 5.79. The van der Waals surface area contributed by atoms with Crippen molar-refractivity contribution in [1.82, 2.24) is 20.5 Å². The second-order valence-electron chi connectivity index (χ2n) is 5.04. The highest BCUT2D eigenvalue weighted by Gasteiger charge is 2.14. The van der Waals surface area contributed by atoms with E-state index in [2.05, 4.69) is 20.5 Å². The minimum absolute atomic E-state index is 0.396. The van der Waals surface area contributed by atoms with Crippen molar-refractivity contribution in [3.8, 4) is 0 Å². The van der Waals surface area contributed by atoms with Crippen LogP contribution in [0.4, 0.5) is 0 Å². The molecule has 2 N–H and O–H groups in total. The smallest absolute Gasteiger partial charge is 0.309 e. The van der Waals surface area contributed by atoms with E-state index < -0.39 is 11.8 Å². The summed E-state index contributed by atoms with van der Waals surface area (Å²) in [6.45, 7) is 4.78. The number of nitrogens with one attached hydrogen (secondary N) is 2. The first-order valence-corrected chi connectivity index (χ1v) is 7.52. The number of aromatic nitrogens is 1. The minimum Gasteiger partial charge on any atom is -0.379 e. The number of hydrogen-bond donors (Lipinski definition) is 2. The lowest BCUT2D eigenvalue weighted by atomic mass is 10.3. The van der Waals surface area contributed by atoms with Crippen LogP contribution in [0.1, 0.15) is 5.69 Å². The summed E-state index contributed by atoms with van der Waals surface area (Å²) in [5.74, 6) is -1.19. The van der Waals surface area contributed by atoms with Gasteiger partial charge < -0.3 is 15.4 Å². The Bertz CT molecular complexity index is 475. The number of morpholine rings is 1. The maximum Gasteiger partial charge on any atom is 0.309 e. The first-order valence-electron chi connectivity index (χ1n) is 7.52. The molecule has 7 nitrogen and oxygen atoms in total. The molecule has 1 aromatic rings. The molecule has 1 aliphatic heterocycles. The van der Waals surface area contributed by atoms with Crippen LogP contribution in [0.3, 0.4) is 0 Å². The van der Waals surface area contributed by atoms with E-state index in [0.29, 0.717) is 19.5 Å². The fourth-order valence-electron chi connectivity index (χ4n) is 2.16. The molecule has 7 heteroatoms. The zero-order valence-corrected chi connectivity index (χ0v) is 12.6. The lowest BCUT2D eigenvalue weighted by Crippen LogP contribution is -2.45. The van der Waals surface area contributed by atoms with Crippen LogP contribution in [0, 0.1) is 0 Å². The van der Waals surface area contributed by atoms with Crippen LogP contribution in [0.25, 0.3) is 0 Å². The molecule has 1 aromatic heterocycles. The van der Waals surface area contributed by atoms with E-state index >= 15 is 0 Å². The zero-order valence-electron chi connectivity index (χ0n) is 12.6. The summed E-state index contributed by atoms with van der Waals surface area (Å²) in [5, 5.41) is 5.22. The molecular weight excluding hydrogens is 284 g/mol. The van der Waals surface area contributed by atoms with Gasteiger partial charge in [0.25, 0.3) is 0 Å². The highest BCUT2D eigenvalue weighted by Crippen LogP contribution is 1.95. The molecule has 0 unspecified atom stereocenters. The summed E-state index contributed by atoms with van der Waals surface area (Å²) in [5.41, 5.74) is 0.885. The maximum absolute atomic E-state index is 11.6. The zero-order chi connectivity index (χ0) is 15.6. The van der Waals surface area contributed by atoms with E-state index in [1.807, 2.05) is 18.2 Å². The van der Waals surface area contributed by atoms with Crippen molar-refractivity contribution in [2.45, 2.75) is 6.42 Å². The molecule has 1 saturated heterocycles. The van der Waals surface area contributed by atoms with Gasteiger partial charge in [0, 0.05) is 51.0 Å². The maximum atomic E-state index is 11.6. The van der Waals surface area contributed by atoms with Gasteiger partial charge in [-0.15, -0.1) is 0 Å². The standard InChI is InChI=1S/C15H22N4O3/c20-14(17-6-4-13-3-1-2-5-16-13)15(21)18-7-8-19-9-11-22-12-10-19/h1-3,5H,4,6-12H2,(H,17,20)(H,18,21). The number of rotatable bonds is 6. The summed E-state index contributed by atoms with van der Waals surface area (Å²) >= 11 is 0. The summed E-state index contributed by atoms with van der Waals surface area (Å²) < 4.78 is 5.25. The summed E-state index contributed by atoms with van der Waals surface area (Å²) in [6, 6.07) is 5.61. The first kappa shape index (κ1) is 16.4. The van der Waals surface area contributed by atoms with Crippen molar-refractivity contribution in [1.29, 1.82) is 0 Å².